The van der Waals surface area contributed by atoms with Crippen molar-refractivity contribution in [2.75, 3.05) is 27.4 Å². The lowest BCUT2D eigenvalue weighted by molar-refractivity contribution is -0.140. The molecule has 1 saturated heterocycles. The van der Waals surface area contributed by atoms with Crippen molar-refractivity contribution < 1.29 is 34.0 Å². The maximum absolute atomic E-state index is 13.1. The van der Waals surface area contributed by atoms with Crippen LogP contribution in [0.3, 0.4) is 0 Å². The Bertz CT molecular complexity index is 1120. The van der Waals surface area contributed by atoms with Crippen LogP contribution in [-0.4, -0.2) is 60.3 Å². The SMILES string of the molecule is COCCCN1C(=O)C(=O)C(=C(O)c2ccc3c(c2)CC(C)O3)C1c1ccc(O)c(OC)c1. The topological polar surface area (TPSA) is 106 Å². The lowest BCUT2D eigenvalue weighted by Crippen LogP contribution is -2.31. The van der Waals surface area contributed by atoms with Crippen molar-refractivity contribution in [2.45, 2.75) is 31.9 Å². The first-order valence-corrected chi connectivity index (χ1v) is 10.8. The van der Waals surface area contributed by atoms with Crippen LogP contribution in [0.15, 0.2) is 42.0 Å². The van der Waals surface area contributed by atoms with Gasteiger partial charge in [0.1, 0.15) is 17.6 Å². The number of hydrogen-bond donors (Lipinski definition) is 2. The number of aliphatic hydroxyl groups is 1. The normalized spacial score (nSPS) is 21.2. The summed E-state index contributed by atoms with van der Waals surface area (Å²) in [7, 11) is 2.98. The number of phenolic OH excluding ortho intramolecular Hbond substituents is 1. The molecule has 0 bridgehead atoms. The zero-order valence-electron chi connectivity index (χ0n) is 18.8. The summed E-state index contributed by atoms with van der Waals surface area (Å²) in [6, 6.07) is 9.03. The van der Waals surface area contributed by atoms with E-state index in [4.69, 9.17) is 14.2 Å². The maximum Gasteiger partial charge on any atom is 0.295 e. The summed E-state index contributed by atoms with van der Waals surface area (Å²) in [5.41, 5.74) is 1.92. The van der Waals surface area contributed by atoms with Crippen molar-refractivity contribution in [2.24, 2.45) is 0 Å². The fourth-order valence-corrected chi connectivity index (χ4v) is 4.43. The molecule has 2 heterocycles. The monoisotopic (exact) mass is 453 g/mol. The number of ketones is 1. The average molecular weight is 453 g/mol. The van der Waals surface area contributed by atoms with Crippen LogP contribution in [0.25, 0.3) is 5.76 Å². The number of aliphatic hydroxyl groups excluding tert-OH is 1. The van der Waals surface area contributed by atoms with E-state index in [1.807, 2.05) is 6.92 Å². The smallest absolute Gasteiger partial charge is 0.295 e. The molecule has 2 aromatic rings. The lowest BCUT2D eigenvalue weighted by Gasteiger charge is -2.25. The molecule has 4 rings (SSSR count). The van der Waals surface area contributed by atoms with Gasteiger partial charge in [-0.1, -0.05) is 6.07 Å². The number of aromatic hydroxyl groups is 1. The predicted octanol–water partition coefficient (Wildman–Crippen LogP) is 3.18. The average Bonchev–Trinajstić information content (AvgIpc) is 3.30. The molecule has 8 nitrogen and oxygen atoms in total. The molecule has 1 fully saturated rings. The molecule has 2 unspecified atom stereocenters. The van der Waals surface area contributed by atoms with Gasteiger partial charge in [0, 0.05) is 32.2 Å². The number of amides is 1. The molecule has 33 heavy (non-hydrogen) atoms. The third-order valence-electron chi connectivity index (χ3n) is 5.98. The standard InChI is InChI=1S/C25H27NO7/c1-14-11-17-12-16(6-8-19(17)33-14)23(28)21-22(15-5-7-18(27)20(13-15)32-3)26(9-4-10-31-2)25(30)24(21)29/h5-8,12-14,22,27-28H,4,9-11H2,1-3H3. The molecule has 2 atom stereocenters. The molecule has 2 N–H and O–H groups in total. The largest absolute Gasteiger partial charge is 0.507 e. The number of likely N-dealkylation sites (tertiary alicyclic amines) is 1. The minimum Gasteiger partial charge on any atom is -0.507 e. The van der Waals surface area contributed by atoms with E-state index in [2.05, 4.69) is 0 Å². The number of rotatable bonds is 7. The van der Waals surface area contributed by atoms with Gasteiger partial charge in [0.15, 0.2) is 11.5 Å². The molecular weight excluding hydrogens is 426 g/mol. The van der Waals surface area contributed by atoms with Crippen molar-refractivity contribution in [3.05, 3.63) is 58.7 Å². The van der Waals surface area contributed by atoms with Crippen molar-refractivity contribution in [3.8, 4) is 17.2 Å². The summed E-state index contributed by atoms with van der Waals surface area (Å²) in [6.45, 7) is 2.64. The van der Waals surface area contributed by atoms with Crippen LogP contribution >= 0.6 is 0 Å². The Labute approximate surface area is 192 Å². The third-order valence-corrected chi connectivity index (χ3v) is 5.98. The molecule has 2 aliphatic rings. The molecule has 1 amide bonds. The van der Waals surface area contributed by atoms with Gasteiger partial charge in [-0.25, -0.2) is 0 Å². The van der Waals surface area contributed by atoms with Crippen LogP contribution in [0, 0.1) is 0 Å². The molecular formula is C25H27NO7. The Balaban J connectivity index is 1.83. The zero-order chi connectivity index (χ0) is 23.7. The van der Waals surface area contributed by atoms with Crippen molar-refractivity contribution >= 4 is 17.4 Å². The van der Waals surface area contributed by atoms with Crippen LogP contribution < -0.4 is 9.47 Å². The van der Waals surface area contributed by atoms with Crippen LogP contribution in [0.4, 0.5) is 0 Å². The van der Waals surface area contributed by atoms with Crippen molar-refractivity contribution in [3.63, 3.8) is 0 Å². The van der Waals surface area contributed by atoms with Gasteiger partial charge in [-0.2, -0.15) is 0 Å². The van der Waals surface area contributed by atoms with Gasteiger partial charge in [-0.05, 0) is 54.8 Å². The van der Waals surface area contributed by atoms with Gasteiger partial charge < -0.3 is 29.3 Å². The fourth-order valence-electron chi connectivity index (χ4n) is 4.43. The van der Waals surface area contributed by atoms with E-state index in [-0.39, 0.29) is 35.5 Å². The highest BCUT2D eigenvalue weighted by Crippen LogP contribution is 2.42. The first kappa shape index (κ1) is 22.7. The number of carbonyl (C=O) groups is 2. The van der Waals surface area contributed by atoms with E-state index in [0.29, 0.717) is 30.6 Å². The highest BCUT2D eigenvalue weighted by atomic mass is 16.5. The number of nitrogens with zero attached hydrogens (tertiary/aromatic N) is 1. The number of carbonyl (C=O) groups excluding carboxylic acids is 2. The Morgan fingerprint density at radius 3 is 2.70 bits per heavy atom. The zero-order valence-corrected chi connectivity index (χ0v) is 18.8. The summed E-state index contributed by atoms with van der Waals surface area (Å²) in [4.78, 5) is 27.5. The maximum atomic E-state index is 13.1. The quantitative estimate of drug-likeness (QED) is 0.287. The second kappa shape index (κ2) is 9.15. The number of fused-ring (bicyclic) bond motifs is 1. The van der Waals surface area contributed by atoms with E-state index in [9.17, 15) is 19.8 Å². The van der Waals surface area contributed by atoms with E-state index in [1.54, 1.807) is 37.4 Å². The molecule has 2 aliphatic heterocycles. The number of methoxy groups -OCH3 is 2. The second-order valence-electron chi connectivity index (χ2n) is 8.23. The third kappa shape index (κ3) is 4.14. The Morgan fingerprint density at radius 1 is 1.18 bits per heavy atom. The van der Waals surface area contributed by atoms with Crippen LogP contribution in [-0.2, 0) is 20.7 Å². The first-order valence-electron chi connectivity index (χ1n) is 10.8. The number of Topliss-reactive ketones (excluding diaryl/α,β-unsaturated/α-hetero) is 1. The lowest BCUT2D eigenvalue weighted by atomic mass is 9.94. The minimum atomic E-state index is -0.834. The highest BCUT2D eigenvalue weighted by Gasteiger charge is 2.46. The van der Waals surface area contributed by atoms with Gasteiger partial charge in [0.2, 0.25) is 0 Å². The van der Waals surface area contributed by atoms with E-state index in [0.717, 1.165) is 11.3 Å². The molecule has 0 aliphatic carbocycles. The summed E-state index contributed by atoms with van der Waals surface area (Å²) in [6.07, 6.45) is 1.25. The molecule has 8 heteroatoms. The van der Waals surface area contributed by atoms with E-state index in [1.165, 1.54) is 18.1 Å². The molecule has 0 aromatic heterocycles. The number of phenols is 1. The van der Waals surface area contributed by atoms with Crippen LogP contribution in [0.5, 0.6) is 17.2 Å². The van der Waals surface area contributed by atoms with Crippen molar-refractivity contribution in [1.82, 2.24) is 4.90 Å². The molecule has 0 saturated carbocycles. The van der Waals surface area contributed by atoms with Crippen LogP contribution in [0.2, 0.25) is 0 Å². The van der Waals surface area contributed by atoms with Crippen molar-refractivity contribution in [1.29, 1.82) is 0 Å². The molecule has 0 spiro atoms. The van der Waals surface area contributed by atoms with Gasteiger partial charge >= 0.3 is 0 Å². The summed E-state index contributed by atoms with van der Waals surface area (Å²) in [5, 5.41) is 21.3. The summed E-state index contributed by atoms with van der Waals surface area (Å²) in [5.74, 6) is -0.806. The predicted molar refractivity (Wildman–Crippen MR) is 120 cm³/mol. The number of benzene rings is 2. The first-order chi connectivity index (χ1) is 15.8. The summed E-state index contributed by atoms with van der Waals surface area (Å²) < 4.78 is 16.1. The molecule has 2 aromatic carbocycles. The number of hydrogen-bond acceptors (Lipinski definition) is 7. The van der Waals surface area contributed by atoms with Gasteiger partial charge in [0.05, 0.1) is 18.7 Å². The van der Waals surface area contributed by atoms with E-state index >= 15 is 0 Å². The van der Waals surface area contributed by atoms with E-state index < -0.39 is 17.7 Å². The van der Waals surface area contributed by atoms with Gasteiger partial charge in [-0.3, -0.25) is 9.59 Å². The molecule has 174 valence electrons. The Morgan fingerprint density at radius 2 is 1.97 bits per heavy atom. The van der Waals surface area contributed by atoms with Gasteiger partial charge in [0.25, 0.3) is 11.7 Å². The second-order valence-corrected chi connectivity index (χ2v) is 8.23. The summed E-state index contributed by atoms with van der Waals surface area (Å²) >= 11 is 0. The van der Waals surface area contributed by atoms with Gasteiger partial charge in [-0.15, -0.1) is 0 Å². The minimum absolute atomic E-state index is 0.00271. The van der Waals surface area contributed by atoms with Crippen LogP contribution in [0.1, 0.15) is 36.1 Å². The molecule has 0 radical (unpaired) electrons. The Kier molecular flexibility index (Phi) is 6.29. The fraction of sp³-hybridized carbons (Fsp3) is 0.360. The Hall–Kier alpha value is -3.52. The highest BCUT2D eigenvalue weighted by molar-refractivity contribution is 6.46. The number of ether oxygens (including phenoxy) is 3.